The first-order chi connectivity index (χ1) is 14.4. The highest BCUT2D eigenvalue weighted by Crippen LogP contribution is 2.40. The summed E-state index contributed by atoms with van der Waals surface area (Å²) < 4.78 is 2.46. The Kier molecular flexibility index (Phi) is 7.44. The fourth-order valence-corrected chi connectivity index (χ4v) is 4.06. The lowest BCUT2D eigenvalue weighted by Gasteiger charge is -2.10. The van der Waals surface area contributed by atoms with E-state index in [4.69, 9.17) is 0 Å². The molecule has 0 unspecified atom stereocenters. The Morgan fingerprint density at radius 3 is 2.57 bits per heavy atom. The number of aldehydes is 1. The first kappa shape index (κ1) is 22.2. The van der Waals surface area contributed by atoms with Crippen LogP contribution in [0.15, 0.2) is 69.7 Å². The Hall–Kier alpha value is -2.45. The van der Waals surface area contributed by atoms with E-state index >= 15 is 0 Å². The maximum atomic E-state index is 12.5. The van der Waals surface area contributed by atoms with Gasteiger partial charge in [0.05, 0.1) is 11.4 Å². The van der Waals surface area contributed by atoms with Gasteiger partial charge in [-0.25, -0.2) is 0 Å². The molecule has 1 N–H and O–H groups in total. The van der Waals surface area contributed by atoms with E-state index in [0.29, 0.717) is 32.7 Å². The summed E-state index contributed by atoms with van der Waals surface area (Å²) in [4.78, 5) is 23.2. The standard InChI is InChI=1S/C22H23BrN4O2S/c1-14(2)19(11-4-15(3)12-28)24-20(29)13-30-22-26-25-21(23)27(22)18-9-7-17(8-10-18)16-5-6-16/h4,7-12,16H,1,5-6,13H2,2-3H3,(H,24,29)/b15-4+,19-11+. The van der Waals surface area contributed by atoms with Crippen LogP contribution in [-0.2, 0) is 9.59 Å². The average Bonchev–Trinajstić information content (AvgIpc) is 3.52. The highest BCUT2D eigenvalue weighted by molar-refractivity contribution is 9.10. The molecule has 0 spiro atoms. The molecule has 30 heavy (non-hydrogen) atoms. The minimum atomic E-state index is -0.193. The van der Waals surface area contributed by atoms with Crippen LogP contribution in [0.25, 0.3) is 5.69 Å². The lowest BCUT2D eigenvalue weighted by Crippen LogP contribution is -2.25. The van der Waals surface area contributed by atoms with Crippen LogP contribution in [0.1, 0.15) is 38.2 Å². The molecule has 1 fully saturated rings. The number of rotatable bonds is 9. The molecule has 0 bridgehead atoms. The number of carbonyl (C=O) groups excluding carboxylic acids is 2. The summed E-state index contributed by atoms with van der Waals surface area (Å²) >= 11 is 4.74. The average molecular weight is 487 g/mol. The van der Waals surface area contributed by atoms with Gasteiger partial charge in [0.25, 0.3) is 0 Å². The molecule has 1 aromatic heterocycles. The van der Waals surface area contributed by atoms with E-state index in [0.717, 1.165) is 12.0 Å². The van der Waals surface area contributed by atoms with Crippen molar-refractivity contribution in [3.8, 4) is 5.69 Å². The van der Waals surface area contributed by atoms with Gasteiger partial charge < -0.3 is 5.32 Å². The monoisotopic (exact) mass is 486 g/mol. The van der Waals surface area contributed by atoms with E-state index < -0.39 is 0 Å². The summed E-state index contributed by atoms with van der Waals surface area (Å²) in [6.45, 7) is 7.36. The van der Waals surface area contributed by atoms with Crippen molar-refractivity contribution in [2.24, 2.45) is 0 Å². The lowest BCUT2D eigenvalue weighted by atomic mass is 10.1. The summed E-state index contributed by atoms with van der Waals surface area (Å²) in [5, 5.41) is 11.7. The van der Waals surface area contributed by atoms with Crippen LogP contribution in [0.5, 0.6) is 0 Å². The van der Waals surface area contributed by atoms with Gasteiger partial charge in [0, 0.05) is 5.70 Å². The molecule has 0 aliphatic heterocycles. The first-order valence-electron chi connectivity index (χ1n) is 9.52. The molecule has 3 rings (SSSR count). The zero-order chi connectivity index (χ0) is 21.7. The number of allylic oxidation sites excluding steroid dienone is 4. The molecule has 1 amide bonds. The molecule has 2 aromatic rings. The van der Waals surface area contributed by atoms with Crippen molar-refractivity contribution >= 4 is 39.9 Å². The molecule has 0 saturated heterocycles. The van der Waals surface area contributed by atoms with Crippen LogP contribution in [-0.4, -0.2) is 32.7 Å². The summed E-state index contributed by atoms with van der Waals surface area (Å²) in [6.07, 6.45) is 6.60. The topological polar surface area (TPSA) is 76.9 Å². The number of thioether (sulfide) groups is 1. The molecule has 8 heteroatoms. The van der Waals surface area contributed by atoms with Crippen LogP contribution in [0.3, 0.4) is 0 Å². The predicted octanol–water partition coefficient (Wildman–Crippen LogP) is 4.72. The minimum absolute atomic E-state index is 0.159. The molecule has 6 nitrogen and oxygen atoms in total. The fraction of sp³-hybridized carbons (Fsp3) is 0.273. The normalized spacial score (nSPS) is 14.5. The largest absolute Gasteiger partial charge is 0.325 e. The number of hydrogen-bond acceptors (Lipinski definition) is 5. The third kappa shape index (κ3) is 5.79. The van der Waals surface area contributed by atoms with Crippen molar-refractivity contribution in [3.63, 3.8) is 0 Å². The van der Waals surface area contributed by atoms with E-state index in [1.54, 1.807) is 26.0 Å². The zero-order valence-corrected chi connectivity index (χ0v) is 19.3. The van der Waals surface area contributed by atoms with Crippen LogP contribution in [0, 0.1) is 0 Å². The Morgan fingerprint density at radius 2 is 1.97 bits per heavy atom. The zero-order valence-electron chi connectivity index (χ0n) is 16.9. The SMILES string of the molecule is C=C(C)/C(=C\C=C(/C)C=O)NC(=O)CSc1nnc(Br)n1-c1ccc(C2CC2)cc1. The highest BCUT2D eigenvalue weighted by Gasteiger charge is 2.23. The van der Waals surface area contributed by atoms with Gasteiger partial charge in [0.2, 0.25) is 10.6 Å². The number of hydrogen-bond donors (Lipinski definition) is 1. The summed E-state index contributed by atoms with van der Waals surface area (Å²) in [5.74, 6) is 0.662. The van der Waals surface area contributed by atoms with Crippen molar-refractivity contribution in [2.75, 3.05) is 5.75 Å². The predicted molar refractivity (Wildman–Crippen MR) is 123 cm³/mol. The Balaban J connectivity index is 1.67. The van der Waals surface area contributed by atoms with Crippen molar-refractivity contribution in [2.45, 2.75) is 37.8 Å². The number of benzene rings is 1. The van der Waals surface area contributed by atoms with Crippen molar-refractivity contribution in [1.82, 2.24) is 20.1 Å². The van der Waals surface area contributed by atoms with Crippen LogP contribution < -0.4 is 5.32 Å². The summed E-state index contributed by atoms with van der Waals surface area (Å²) in [7, 11) is 0. The smallest absolute Gasteiger partial charge is 0.234 e. The maximum absolute atomic E-state index is 12.5. The second-order valence-electron chi connectivity index (χ2n) is 7.18. The van der Waals surface area contributed by atoms with Gasteiger partial charge in [-0.05, 0) is 83.5 Å². The van der Waals surface area contributed by atoms with Gasteiger partial charge in [0.1, 0.15) is 6.29 Å². The molecule has 1 aromatic carbocycles. The van der Waals surface area contributed by atoms with E-state index in [9.17, 15) is 9.59 Å². The first-order valence-corrected chi connectivity index (χ1v) is 11.3. The molecule has 1 saturated carbocycles. The molecular formula is C22H23BrN4O2S. The van der Waals surface area contributed by atoms with Crippen LogP contribution >= 0.6 is 27.7 Å². The summed E-state index contributed by atoms with van der Waals surface area (Å²) in [5.41, 5.74) is 4.12. The summed E-state index contributed by atoms with van der Waals surface area (Å²) in [6, 6.07) is 8.38. The van der Waals surface area contributed by atoms with Crippen molar-refractivity contribution in [3.05, 3.63) is 70.1 Å². The van der Waals surface area contributed by atoms with Crippen LogP contribution in [0.4, 0.5) is 0 Å². The Bertz CT molecular complexity index is 1020. The number of halogens is 1. The lowest BCUT2D eigenvalue weighted by molar-refractivity contribution is -0.117. The fourth-order valence-electron chi connectivity index (χ4n) is 2.74. The molecule has 1 aliphatic carbocycles. The Labute approximate surface area is 188 Å². The van der Waals surface area contributed by atoms with Crippen LogP contribution in [0.2, 0.25) is 0 Å². The van der Waals surface area contributed by atoms with E-state index in [1.807, 2.05) is 4.57 Å². The third-order valence-electron chi connectivity index (χ3n) is 4.56. The van der Waals surface area contributed by atoms with Gasteiger partial charge in [-0.15, -0.1) is 10.2 Å². The quantitative estimate of drug-likeness (QED) is 0.240. The number of amides is 1. The van der Waals surface area contributed by atoms with E-state index in [1.165, 1.54) is 30.2 Å². The van der Waals surface area contributed by atoms with E-state index in [2.05, 4.69) is 62.3 Å². The Morgan fingerprint density at radius 1 is 1.27 bits per heavy atom. The number of nitrogens with one attached hydrogen (secondary N) is 1. The van der Waals surface area contributed by atoms with E-state index in [-0.39, 0.29) is 11.7 Å². The molecular weight excluding hydrogens is 464 g/mol. The second-order valence-corrected chi connectivity index (χ2v) is 8.83. The van der Waals surface area contributed by atoms with Gasteiger partial charge in [-0.3, -0.25) is 14.2 Å². The molecule has 0 radical (unpaired) electrons. The molecule has 1 heterocycles. The number of aromatic nitrogens is 3. The molecule has 1 aliphatic rings. The highest BCUT2D eigenvalue weighted by atomic mass is 79.9. The van der Waals surface area contributed by atoms with Crippen molar-refractivity contribution < 1.29 is 9.59 Å². The second kappa shape index (κ2) is 10.0. The van der Waals surface area contributed by atoms with Gasteiger partial charge in [-0.2, -0.15) is 0 Å². The maximum Gasteiger partial charge on any atom is 0.234 e. The minimum Gasteiger partial charge on any atom is -0.325 e. The van der Waals surface area contributed by atoms with Crippen molar-refractivity contribution in [1.29, 1.82) is 0 Å². The molecule has 0 atom stereocenters. The van der Waals surface area contributed by atoms with Gasteiger partial charge in [0.15, 0.2) is 5.16 Å². The molecule has 156 valence electrons. The number of nitrogens with zero attached hydrogens (tertiary/aromatic N) is 3. The van der Waals surface area contributed by atoms with Gasteiger partial charge in [-0.1, -0.05) is 36.5 Å². The third-order valence-corrected chi connectivity index (χ3v) is 6.00. The van der Waals surface area contributed by atoms with Gasteiger partial charge >= 0.3 is 0 Å². The number of carbonyl (C=O) groups is 2.